The first kappa shape index (κ1) is 19.4. The third-order valence-corrected chi connectivity index (χ3v) is 6.44. The Morgan fingerprint density at radius 1 is 0.697 bits per heavy atom. The molecule has 0 spiro atoms. The number of hydrogen-bond donors (Lipinski definition) is 0. The van der Waals surface area contributed by atoms with Crippen molar-refractivity contribution in [3.63, 3.8) is 0 Å². The van der Waals surface area contributed by atoms with E-state index in [-0.39, 0.29) is 0 Å². The van der Waals surface area contributed by atoms with Gasteiger partial charge in [0.15, 0.2) is 0 Å². The van der Waals surface area contributed by atoms with E-state index in [0.717, 1.165) is 5.70 Å². The molecule has 6 aromatic rings. The van der Waals surface area contributed by atoms with Crippen LogP contribution in [-0.4, -0.2) is 9.13 Å². The van der Waals surface area contributed by atoms with Gasteiger partial charge in [-0.05, 0) is 43.3 Å². The van der Waals surface area contributed by atoms with Crippen molar-refractivity contribution in [2.75, 3.05) is 0 Å². The molecule has 0 radical (unpaired) electrons. The second-order valence-corrected chi connectivity index (χ2v) is 8.20. The van der Waals surface area contributed by atoms with Crippen molar-refractivity contribution in [1.29, 1.82) is 0 Å². The van der Waals surface area contributed by atoms with Gasteiger partial charge in [0.05, 0.1) is 22.1 Å². The quantitative estimate of drug-likeness (QED) is 0.251. The van der Waals surface area contributed by atoms with E-state index in [2.05, 4.69) is 126 Å². The highest BCUT2D eigenvalue weighted by molar-refractivity contribution is 6.26. The average molecular weight is 425 g/mol. The first-order chi connectivity index (χ1) is 16.3. The highest BCUT2D eigenvalue weighted by Crippen LogP contribution is 2.41. The Balaban J connectivity index is 1.88. The van der Waals surface area contributed by atoms with Gasteiger partial charge in [0.1, 0.15) is 0 Å². The third-order valence-electron chi connectivity index (χ3n) is 6.44. The van der Waals surface area contributed by atoms with Crippen LogP contribution in [0.1, 0.15) is 6.92 Å². The van der Waals surface area contributed by atoms with Gasteiger partial charge >= 0.3 is 0 Å². The smallest absolute Gasteiger partial charge is 0.0641 e. The van der Waals surface area contributed by atoms with E-state index in [0.29, 0.717) is 0 Å². The molecule has 2 nitrogen and oxygen atoms in total. The fourth-order valence-corrected chi connectivity index (χ4v) is 5.10. The maximum Gasteiger partial charge on any atom is 0.0641 e. The third kappa shape index (κ3) is 2.81. The highest BCUT2D eigenvalue weighted by Gasteiger charge is 2.20. The van der Waals surface area contributed by atoms with Crippen molar-refractivity contribution in [1.82, 2.24) is 9.13 Å². The minimum Gasteiger partial charge on any atom is -0.309 e. The standard InChI is InChI=1S/C31H24N2/c1-3-5-13-22(4-2)33-27-18-11-9-16-24(27)25-20-21-29-30(31(25)33)26-17-10-12-19-28(26)32(29)23-14-7-6-8-15-23/h3-21H,1H2,2H3/b13-5-,22-4+. The summed E-state index contributed by atoms with van der Waals surface area (Å²) in [5.41, 5.74) is 7.17. The van der Waals surface area contributed by atoms with Crippen molar-refractivity contribution in [3.05, 3.63) is 122 Å². The molecule has 33 heavy (non-hydrogen) atoms. The van der Waals surface area contributed by atoms with Crippen LogP contribution in [0.4, 0.5) is 0 Å². The molecule has 0 aliphatic heterocycles. The number of allylic oxidation sites excluding steroid dienone is 5. The van der Waals surface area contributed by atoms with Crippen LogP contribution in [0.5, 0.6) is 0 Å². The fourth-order valence-electron chi connectivity index (χ4n) is 5.10. The number of fused-ring (bicyclic) bond motifs is 7. The average Bonchev–Trinajstić information content (AvgIpc) is 3.38. The van der Waals surface area contributed by atoms with E-state index < -0.39 is 0 Å². The number of para-hydroxylation sites is 3. The lowest BCUT2D eigenvalue weighted by molar-refractivity contribution is 1.18. The predicted molar refractivity (Wildman–Crippen MR) is 143 cm³/mol. The number of benzene rings is 4. The summed E-state index contributed by atoms with van der Waals surface area (Å²) in [6.07, 6.45) is 8.13. The van der Waals surface area contributed by atoms with Crippen LogP contribution >= 0.6 is 0 Å². The monoisotopic (exact) mass is 424 g/mol. The largest absolute Gasteiger partial charge is 0.309 e. The molecule has 2 heteroatoms. The number of rotatable bonds is 4. The Morgan fingerprint density at radius 3 is 2.15 bits per heavy atom. The second kappa shape index (κ2) is 7.68. The molecule has 0 N–H and O–H groups in total. The highest BCUT2D eigenvalue weighted by atomic mass is 15.0. The summed E-state index contributed by atoms with van der Waals surface area (Å²) < 4.78 is 4.77. The van der Waals surface area contributed by atoms with E-state index >= 15 is 0 Å². The lowest BCUT2D eigenvalue weighted by atomic mass is 10.1. The zero-order valence-electron chi connectivity index (χ0n) is 18.6. The molecule has 0 aliphatic carbocycles. The first-order valence-corrected chi connectivity index (χ1v) is 11.3. The zero-order chi connectivity index (χ0) is 22.4. The van der Waals surface area contributed by atoms with Gasteiger partial charge in [-0.15, -0.1) is 0 Å². The summed E-state index contributed by atoms with van der Waals surface area (Å²) in [7, 11) is 0. The summed E-state index contributed by atoms with van der Waals surface area (Å²) in [5.74, 6) is 0. The van der Waals surface area contributed by atoms with Crippen molar-refractivity contribution in [3.8, 4) is 5.69 Å². The summed E-state index contributed by atoms with van der Waals surface area (Å²) >= 11 is 0. The van der Waals surface area contributed by atoms with Crippen LogP contribution in [0.25, 0.3) is 55.0 Å². The summed E-state index contributed by atoms with van der Waals surface area (Å²) in [5, 5.41) is 5.06. The fraction of sp³-hybridized carbons (Fsp3) is 0.0323. The van der Waals surface area contributed by atoms with Crippen LogP contribution in [0, 0.1) is 0 Å². The van der Waals surface area contributed by atoms with E-state index in [1.54, 1.807) is 0 Å². The Morgan fingerprint density at radius 2 is 1.39 bits per heavy atom. The van der Waals surface area contributed by atoms with Crippen molar-refractivity contribution in [2.45, 2.75) is 6.92 Å². The zero-order valence-corrected chi connectivity index (χ0v) is 18.6. The maximum absolute atomic E-state index is 3.87. The first-order valence-electron chi connectivity index (χ1n) is 11.3. The van der Waals surface area contributed by atoms with Gasteiger partial charge in [-0.1, -0.05) is 85.5 Å². The molecule has 0 atom stereocenters. The maximum atomic E-state index is 3.87. The Kier molecular flexibility index (Phi) is 4.51. The summed E-state index contributed by atoms with van der Waals surface area (Å²) in [4.78, 5) is 0. The molecule has 0 unspecified atom stereocenters. The molecular weight excluding hydrogens is 400 g/mol. The minimum atomic E-state index is 1.13. The lowest BCUT2D eigenvalue weighted by Gasteiger charge is -2.10. The molecule has 4 aromatic carbocycles. The minimum absolute atomic E-state index is 1.13. The predicted octanol–water partition coefficient (Wildman–Crippen LogP) is 8.49. The van der Waals surface area contributed by atoms with E-state index in [1.807, 2.05) is 12.2 Å². The van der Waals surface area contributed by atoms with Crippen molar-refractivity contribution < 1.29 is 0 Å². The SMILES string of the molecule is C=C/C=C\C(=C/C)n1c2ccccc2c2ccc3c(c4ccccc4n3-c3ccccc3)c21. The molecule has 2 heterocycles. The van der Waals surface area contributed by atoms with E-state index in [4.69, 9.17) is 0 Å². The number of hydrogen-bond acceptors (Lipinski definition) is 0. The molecule has 0 saturated heterocycles. The number of aromatic nitrogens is 2. The van der Waals surface area contributed by atoms with E-state index in [9.17, 15) is 0 Å². The van der Waals surface area contributed by atoms with E-state index in [1.165, 1.54) is 49.3 Å². The molecule has 0 saturated carbocycles. The molecule has 0 amide bonds. The van der Waals surface area contributed by atoms with Gasteiger partial charge in [0, 0.05) is 32.9 Å². The molecular formula is C31H24N2. The van der Waals surface area contributed by atoms with Crippen molar-refractivity contribution >= 4 is 49.3 Å². The van der Waals surface area contributed by atoms with Gasteiger partial charge in [-0.25, -0.2) is 0 Å². The summed E-state index contributed by atoms with van der Waals surface area (Å²) in [6.45, 7) is 5.97. The van der Waals surface area contributed by atoms with Crippen LogP contribution in [0.15, 0.2) is 122 Å². The van der Waals surface area contributed by atoms with Crippen LogP contribution < -0.4 is 0 Å². The van der Waals surface area contributed by atoms with Crippen molar-refractivity contribution in [2.24, 2.45) is 0 Å². The van der Waals surface area contributed by atoms with Gasteiger partial charge in [0.25, 0.3) is 0 Å². The molecule has 0 aliphatic rings. The lowest BCUT2D eigenvalue weighted by Crippen LogP contribution is -1.95. The van der Waals surface area contributed by atoms with Gasteiger partial charge in [-0.2, -0.15) is 0 Å². The summed E-state index contributed by atoms with van der Waals surface area (Å²) in [6, 6.07) is 32.6. The number of nitrogens with zero attached hydrogens (tertiary/aromatic N) is 2. The van der Waals surface area contributed by atoms with Gasteiger partial charge < -0.3 is 9.13 Å². The van der Waals surface area contributed by atoms with Gasteiger partial charge in [-0.3, -0.25) is 0 Å². The molecule has 2 aromatic heterocycles. The normalized spacial score (nSPS) is 12.6. The van der Waals surface area contributed by atoms with Gasteiger partial charge in [0.2, 0.25) is 0 Å². The molecule has 158 valence electrons. The molecule has 0 fully saturated rings. The molecule has 0 bridgehead atoms. The Hall–Kier alpha value is -4.30. The Labute approximate surface area is 193 Å². The molecule has 6 rings (SSSR count). The Bertz CT molecular complexity index is 1720. The van der Waals surface area contributed by atoms with Crippen LogP contribution in [-0.2, 0) is 0 Å². The topological polar surface area (TPSA) is 9.86 Å². The second-order valence-electron chi connectivity index (χ2n) is 8.20. The van der Waals surface area contributed by atoms with Crippen LogP contribution in [0.2, 0.25) is 0 Å². The van der Waals surface area contributed by atoms with Crippen LogP contribution in [0.3, 0.4) is 0 Å².